The molecule has 0 spiro atoms. The number of rotatable bonds is 9. The first-order chi connectivity index (χ1) is 15.4. The quantitative estimate of drug-likeness (QED) is 0.181. The Bertz CT molecular complexity index is 992. The zero-order chi connectivity index (χ0) is 28.0. The fraction of sp³-hybridized carbons (Fsp3) is 0.500. The van der Waals surface area contributed by atoms with Gasteiger partial charge in [0.1, 0.15) is 12.2 Å². The third-order valence-electron chi connectivity index (χ3n) is 4.06. The zero-order valence-electron chi connectivity index (χ0n) is 15.7. The average Bonchev–Trinajstić information content (AvgIpc) is 2.69. The Labute approximate surface area is 181 Å². The molecule has 35 heavy (non-hydrogen) atoms. The van der Waals surface area contributed by atoms with Crippen molar-refractivity contribution in [1.82, 2.24) is 0 Å². The van der Waals surface area contributed by atoms with Gasteiger partial charge in [0, 0.05) is 12.1 Å². The highest BCUT2D eigenvalue weighted by Gasteiger charge is 2.92. The number of hydrogen-bond acceptors (Lipinski definition) is 6. The summed E-state index contributed by atoms with van der Waals surface area (Å²) in [5.74, 6) is -43.8. The Morgan fingerprint density at radius 2 is 1.09 bits per heavy atom. The van der Waals surface area contributed by atoms with E-state index in [-0.39, 0.29) is 0 Å². The van der Waals surface area contributed by atoms with E-state index < -0.39 is 75.1 Å². The summed E-state index contributed by atoms with van der Waals surface area (Å²) < 4.78 is 173. The minimum atomic E-state index is -8.27. The second-order valence-corrected chi connectivity index (χ2v) is 6.23. The highest BCUT2D eigenvalue weighted by Crippen LogP contribution is 2.60. The van der Waals surface area contributed by atoms with E-state index in [1.54, 1.807) is 0 Å². The number of esters is 1. The molecular weight excluding hydrogens is 539 g/mol. The van der Waals surface area contributed by atoms with Gasteiger partial charge in [-0.2, -0.15) is 57.1 Å². The number of hydrogen-bond donors (Lipinski definition) is 0. The number of alkyl halides is 13. The molecule has 0 aliphatic rings. The minimum absolute atomic E-state index is 0.427. The van der Waals surface area contributed by atoms with E-state index in [1.165, 1.54) is 0 Å². The van der Waals surface area contributed by atoms with Crippen LogP contribution in [0.3, 0.4) is 0 Å². The van der Waals surface area contributed by atoms with Gasteiger partial charge >= 0.3 is 41.8 Å². The predicted octanol–water partition coefficient (Wildman–Crippen LogP) is 5.29. The Hall–Kier alpha value is -3.42. The molecule has 0 amide bonds. The summed E-state index contributed by atoms with van der Waals surface area (Å²) >= 11 is 0. The van der Waals surface area contributed by atoms with Gasteiger partial charge in [-0.3, -0.25) is 20.2 Å². The van der Waals surface area contributed by atoms with Crippen LogP contribution in [0, 0.1) is 20.2 Å². The van der Waals surface area contributed by atoms with Crippen molar-refractivity contribution in [3.8, 4) is 0 Å². The molecule has 0 aliphatic carbocycles. The first-order valence-electron chi connectivity index (χ1n) is 7.93. The molecule has 0 N–H and O–H groups in total. The molecule has 0 saturated carbocycles. The lowest BCUT2D eigenvalue weighted by Gasteiger charge is -2.38. The minimum Gasteiger partial charge on any atom is -0.456 e. The molecule has 1 aromatic carbocycles. The number of nitro groups is 2. The molecule has 0 bridgehead atoms. The number of carbonyl (C=O) groups is 1. The van der Waals surface area contributed by atoms with E-state index >= 15 is 0 Å². The lowest BCUT2D eigenvalue weighted by molar-refractivity contribution is -0.437. The summed E-state index contributed by atoms with van der Waals surface area (Å²) in [4.78, 5) is 30.1. The van der Waals surface area contributed by atoms with Crippen LogP contribution < -0.4 is 0 Å². The van der Waals surface area contributed by atoms with Crippen LogP contribution in [0.25, 0.3) is 0 Å². The molecule has 8 nitrogen and oxygen atoms in total. The largest absolute Gasteiger partial charge is 0.460 e. The van der Waals surface area contributed by atoms with Crippen LogP contribution in [0.15, 0.2) is 18.2 Å². The molecule has 21 heteroatoms. The van der Waals surface area contributed by atoms with Crippen LogP contribution in [0.2, 0.25) is 0 Å². The van der Waals surface area contributed by atoms with Crippen molar-refractivity contribution < 1.29 is 76.5 Å². The van der Waals surface area contributed by atoms with Gasteiger partial charge in [0.15, 0.2) is 0 Å². The van der Waals surface area contributed by atoms with Crippen LogP contribution in [-0.2, 0) is 16.1 Å². The van der Waals surface area contributed by atoms with Gasteiger partial charge in [0.25, 0.3) is 11.4 Å². The van der Waals surface area contributed by atoms with E-state index in [2.05, 4.69) is 4.74 Å². The Morgan fingerprint density at radius 3 is 1.43 bits per heavy atom. The van der Waals surface area contributed by atoms with Crippen molar-refractivity contribution in [3.05, 3.63) is 44.0 Å². The molecule has 0 unspecified atom stereocenters. The maximum absolute atomic E-state index is 13.7. The number of nitro benzene ring substituents is 2. The van der Waals surface area contributed by atoms with Crippen molar-refractivity contribution in [3.63, 3.8) is 0 Å². The summed E-state index contributed by atoms with van der Waals surface area (Å²) in [6.45, 7) is -2.13. The first kappa shape index (κ1) is 29.6. The topological polar surface area (TPSA) is 113 Å². The third-order valence-corrected chi connectivity index (χ3v) is 4.06. The van der Waals surface area contributed by atoms with Crippen LogP contribution in [0.1, 0.15) is 5.56 Å². The molecule has 1 aromatic rings. The van der Waals surface area contributed by atoms with E-state index in [0.29, 0.717) is 18.2 Å². The Balaban J connectivity index is 3.44. The summed E-state index contributed by atoms with van der Waals surface area (Å²) in [6, 6.07) is 1.49. The Kier molecular flexibility index (Phi) is 7.33. The average molecular weight is 544 g/mol. The number of nitrogens with zero attached hydrogens (tertiary/aromatic N) is 2. The molecule has 0 radical (unpaired) electrons. The van der Waals surface area contributed by atoms with Gasteiger partial charge < -0.3 is 4.74 Å². The molecule has 0 heterocycles. The number of halogens is 13. The number of carbonyl (C=O) groups excluding carboxylic acids is 1. The van der Waals surface area contributed by atoms with Gasteiger partial charge in [0.2, 0.25) is 0 Å². The maximum atomic E-state index is 13.7. The fourth-order valence-electron chi connectivity index (χ4n) is 2.18. The molecule has 0 aromatic heterocycles. The second-order valence-electron chi connectivity index (χ2n) is 6.23. The van der Waals surface area contributed by atoms with Crippen LogP contribution in [-0.4, -0.2) is 51.6 Å². The standard InChI is InChI=1S/C14H5F13N2O6/c15-9(16,10(17,18)11(19,20)12(21,22)13(23,24)14(25,26)27)8(30)35-4-5-6(28(31)32)2-1-3-7(5)29(33)34/h1-3H,4H2. The van der Waals surface area contributed by atoms with Crippen molar-refractivity contribution in [2.45, 2.75) is 42.4 Å². The number of benzene rings is 1. The highest BCUT2D eigenvalue weighted by atomic mass is 19.4. The molecule has 198 valence electrons. The van der Waals surface area contributed by atoms with Gasteiger partial charge in [-0.25, -0.2) is 4.79 Å². The summed E-state index contributed by atoms with van der Waals surface area (Å²) in [6.07, 6.45) is -7.66. The van der Waals surface area contributed by atoms with Gasteiger partial charge in [-0.15, -0.1) is 0 Å². The monoisotopic (exact) mass is 544 g/mol. The molecular formula is C14H5F13N2O6. The molecule has 0 saturated heterocycles. The van der Waals surface area contributed by atoms with Crippen molar-refractivity contribution in [2.24, 2.45) is 0 Å². The highest BCUT2D eigenvalue weighted by molar-refractivity contribution is 5.79. The SMILES string of the molecule is O=C(OCc1c([N+](=O)[O-])cccc1[N+](=O)[O-])C(F)(F)C(F)(F)C(F)(F)C(F)(F)C(F)(F)C(F)(F)F. The van der Waals surface area contributed by atoms with E-state index in [9.17, 15) is 82.1 Å². The lowest BCUT2D eigenvalue weighted by atomic mass is 9.94. The van der Waals surface area contributed by atoms with Gasteiger partial charge in [0.05, 0.1) is 9.85 Å². The molecule has 1 rings (SSSR count). The van der Waals surface area contributed by atoms with E-state index in [0.717, 1.165) is 0 Å². The molecule has 0 fully saturated rings. The van der Waals surface area contributed by atoms with Crippen molar-refractivity contribution >= 4 is 17.3 Å². The summed E-state index contributed by atoms with van der Waals surface area (Å²) in [5, 5.41) is 21.7. The van der Waals surface area contributed by atoms with Crippen LogP contribution in [0.5, 0.6) is 0 Å². The van der Waals surface area contributed by atoms with Gasteiger partial charge in [-0.05, 0) is 6.07 Å². The Morgan fingerprint density at radius 1 is 0.714 bits per heavy atom. The van der Waals surface area contributed by atoms with Crippen molar-refractivity contribution in [1.29, 1.82) is 0 Å². The van der Waals surface area contributed by atoms with Crippen LogP contribution in [0.4, 0.5) is 68.5 Å². The third kappa shape index (κ3) is 4.49. The summed E-state index contributed by atoms with van der Waals surface area (Å²) in [5.41, 5.74) is -4.15. The van der Waals surface area contributed by atoms with E-state index in [4.69, 9.17) is 0 Å². The second kappa shape index (κ2) is 8.66. The van der Waals surface area contributed by atoms with Gasteiger partial charge in [-0.1, -0.05) is 0 Å². The normalized spacial score (nSPS) is 14.0. The lowest BCUT2D eigenvalue weighted by Crippen LogP contribution is -2.71. The molecule has 0 atom stereocenters. The first-order valence-corrected chi connectivity index (χ1v) is 7.93. The fourth-order valence-corrected chi connectivity index (χ4v) is 2.18. The summed E-state index contributed by atoms with van der Waals surface area (Å²) in [7, 11) is 0. The van der Waals surface area contributed by atoms with E-state index in [1.807, 2.05) is 0 Å². The number of ether oxygens (including phenoxy) is 1. The van der Waals surface area contributed by atoms with Crippen molar-refractivity contribution in [2.75, 3.05) is 0 Å². The van der Waals surface area contributed by atoms with Crippen LogP contribution >= 0.6 is 0 Å². The molecule has 0 aliphatic heterocycles. The zero-order valence-corrected chi connectivity index (χ0v) is 15.7. The smallest absolute Gasteiger partial charge is 0.456 e. The maximum Gasteiger partial charge on any atom is 0.460 e. The predicted molar refractivity (Wildman–Crippen MR) is 80.3 cm³/mol.